The number of hydrogen-bond donors (Lipinski definition) is 1. The predicted octanol–water partition coefficient (Wildman–Crippen LogP) is 5.73. The lowest BCUT2D eigenvalue weighted by atomic mass is 9.93. The minimum Gasteiger partial charge on any atom is -0.303 e. The second-order valence-corrected chi connectivity index (χ2v) is 8.72. The summed E-state index contributed by atoms with van der Waals surface area (Å²) in [7, 11) is 0. The van der Waals surface area contributed by atoms with Gasteiger partial charge in [0.15, 0.2) is 0 Å². The van der Waals surface area contributed by atoms with Gasteiger partial charge in [0.2, 0.25) is 0 Å². The maximum Gasteiger partial charge on any atom is 0.0659 e. The summed E-state index contributed by atoms with van der Waals surface area (Å²) in [4.78, 5) is 1.56. The fourth-order valence-electron chi connectivity index (χ4n) is 2.91. The first-order valence-corrected chi connectivity index (χ1v) is 9.21. The van der Waals surface area contributed by atoms with Crippen LogP contribution in [0.25, 0.3) is 0 Å². The molecule has 4 heteroatoms. The highest BCUT2D eigenvalue weighted by Crippen LogP contribution is 2.37. The topological polar surface area (TPSA) is 12.0 Å². The molecule has 0 spiro atoms. The van der Waals surface area contributed by atoms with E-state index in [1.165, 1.54) is 33.3 Å². The zero-order chi connectivity index (χ0) is 14.1. The molecule has 106 valence electrons. The third-order valence-corrected chi connectivity index (χ3v) is 6.22. The van der Waals surface area contributed by atoms with Crippen molar-refractivity contribution in [1.82, 2.24) is 5.32 Å². The van der Waals surface area contributed by atoms with E-state index in [1.54, 1.807) is 4.88 Å². The smallest absolute Gasteiger partial charge is 0.0659 e. The van der Waals surface area contributed by atoms with Crippen LogP contribution >= 0.6 is 45.5 Å². The fourth-order valence-corrected chi connectivity index (χ4v) is 5.33. The summed E-state index contributed by atoms with van der Waals surface area (Å²) in [5.41, 5.74) is 2.69. The first-order chi connectivity index (χ1) is 9.65. The van der Waals surface area contributed by atoms with Gasteiger partial charge in [-0.1, -0.05) is 29.8 Å². The number of nitrogens with one attached hydrogen (secondary N) is 1. The van der Waals surface area contributed by atoms with Gasteiger partial charge >= 0.3 is 0 Å². The monoisotopic (exact) mass is 417 g/mol. The minimum absolute atomic E-state index is 0.275. The van der Waals surface area contributed by atoms with Crippen LogP contribution in [0, 0.1) is 2.88 Å². The molecule has 0 saturated heterocycles. The number of hydrogen-bond acceptors (Lipinski definition) is 2. The summed E-state index contributed by atoms with van der Waals surface area (Å²) >= 11 is 10.7. The lowest BCUT2D eigenvalue weighted by Crippen LogP contribution is -2.27. The predicted molar refractivity (Wildman–Crippen MR) is 95.7 cm³/mol. The number of fused-ring (bicyclic) bond motifs is 1. The van der Waals surface area contributed by atoms with Gasteiger partial charge < -0.3 is 5.32 Å². The van der Waals surface area contributed by atoms with Gasteiger partial charge in [-0.15, -0.1) is 11.3 Å². The van der Waals surface area contributed by atoms with Gasteiger partial charge in [-0.25, -0.2) is 0 Å². The molecule has 2 aromatic rings. The second-order valence-electron chi connectivity index (χ2n) is 5.28. The van der Waals surface area contributed by atoms with E-state index in [-0.39, 0.29) is 6.04 Å². The fraction of sp³-hybridized carbons (Fsp3) is 0.375. The van der Waals surface area contributed by atoms with Crippen LogP contribution in [-0.4, -0.2) is 0 Å². The van der Waals surface area contributed by atoms with E-state index in [0.717, 1.165) is 5.02 Å². The molecule has 1 aliphatic carbocycles. The molecule has 0 saturated carbocycles. The van der Waals surface area contributed by atoms with Crippen LogP contribution in [0.3, 0.4) is 0 Å². The SMILES string of the molecule is C[C@H](NC1CCCc2sc(I)cc21)c1ccccc1Cl. The summed E-state index contributed by atoms with van der Waals surface area (Å²) in [5, 5.41) is 4.61. The first-order valence-electron chi connectivity index (χ1n) is 6.93. The van der Waals surface area contributed by atoms with Crippen LogP contribution in [0.4, 0.5) is 0 Å². The van der Waals surface area contributed by atoms with Crippen molar-refractivity contribution in [3.63, 3.8) is 0 Å². The molecule has 1 heterocycles. The summed E-state index contributed by atoms with van der Waals surface area (Å²) in [6.45, 7) is 2.20. The quantitative estimate of drug-likeness (QED) is 0.628. The molecule has 3 rings (SSSR count). The van der Waals surface area contributed by atoms with Gasteiger partial charge in [0.05, 0.1) is 2.88 Å². The molecule has 2 atom stereocenters. The first kappa shape index (κ1) is 14.8. The van der Waals surface area contributed by atoms with Gasteiger partial charge in [-0.05, 0) is 72.0 Å². The molecule has 20 heavy (non-hydrogen) atoms. The number of aryl methyl sites for hydroxylation is 1. The Labute approximate surface area is 142 Å². The average Bonchev–Trinajstić information content (AvgIpc) is 2.80. The molecule has 0 fully saturated rings. The Morgan fingerprint density at radius 1 is 1.40 bits per heavy atom. The number of rotatable bonds is 3. The number of thiophene rings is 1. The van der Waals surface area contributed by atoms with Crippen molar-refractivity contribution < 1.29 is 0 Å². The lowest BCUT2D eigenvalue weighted by molar-refractivity contribution is 0.418. The van der Waals surface area contributed by atoms with Gasteiger partial charge in [0, 0.05) is 22.0 Å². The van der Waals surface area contributed by atoms with Crippen LogP contribution in [0.15, 0.2) is 30.3 Å². The molecule has 0 aliphatic heterocycles. The maximum atomic E-state index is 6.30. The summed E-state index contributed by atoms with van der Waals surface area (Å²) in [6, 6.07) is 11.2. The van der Waals surface area contributed by atoms with Crippen LogP contribution in [0.1, 0.15) is 47.9 Å². The Kier molecular flexibility index (Phi) is 4.70. The lowest BCUT2D eigenvalue weighted by Gasteiger charge is -2.27. The van der Waals surface area contributed by atoms with Crippen molar-refractivity contribution >= 4 is 45.5 Å². The Morgan fingerprint density at radius 3 is 3.00 bits per heavy atom. The van der Waals surface area contributed by atoms with Crippen LogP contribution < -0.4 is 5.32 Å². The summed E-state index contributed by atoms with van der Waals surface area (Å²) in [6.07, 6.45) is 3.73. The van der Waals surface area contributed by atoms with Crippen molar-refractivity contribution in [2.24, 2.45) is 0 Å². The zero-order valence-electron chi connectivity index (χ0n) is 11.3. The van der Waals surface area contributed by atoms with Crippen LogP contribution in [0.5, 0.6) is 0 Å². The number of benzene rings is 1. The average molecular weight is 418 g/mol. The number of halogens is 2. The molecular formula is C16H17ClINS. The molecule has 1 aliphatic rings. The molecule has 0 radical (unpaired) electrons. The summed E-state index contributed by atoms with van der Waals surface area (Å²) < 4.78 is 1.40. The maximum absolute atomic E-state index is 6.30. The molecule has 1 aromatic carbocycles. The van der Waals surface area contributed by atoms with E-state index in [9.17, 15) is 0 Å². The third-order valence-electron chi connectivity index (χ3n) is 3.91. The van der Waals surface area contributed by atoms with E-state index >= 15 is 0 Å². The van der Waals surface area contributed by atoms with Crippen LogP contribution in [0.2, 0.25) is 5.02 Å². The van der Waals surface area contributed by atoms with Crippen molar-refractivity contribution in [1.29, 1.82) is 0 Å². The normalized spacial score (nSPS) is 19.6. The zero-order valence-corrected chi connectivity index (χ0v) is 15.1. The Balaban J connectivity index is 1.80. The highest BCUT2D eigenvalue weighted by Gasteiger charge is 2.24. The third kappa shape index (κ3) is 3.06. The van der Waals surface area contributed by atoms with E-state index in [0.29, 0.717) is 6.04 Å². The standard InChI is InChI=1S/C16H17ClINS/c1-10(11-5-2-3-6-13(11)17)19-14-7-4-8-15-12(14)9-16(18)20-15/h2-3,5-6,9-10,14,19H,4,7-8H2,1H3/t10-,14?/m0/s1. The molecule has 0 amide bonds. The van der Waals surface area contributed by atoms with E-state index in [4.69, 9.17) is 11.6 Å². The summed E-state index contributed by atoms with van der Waals surface area (Å²) in [5.74, 6) is 0. The highest BCUT2D eigenvalue weighted by atomic mass is 127. The van der Waals surface area contributed by atoms with E-state index in [1.807, 2.05) is 23.5 Å². The Bertz CT molecular complexity index is 610. The van der Waals surface area contributed by atoms with Gasteiger partial charge in [0.1, 0.15) is 0 Å². The van der Waals surface area contributed by atoms with Crippen molar-refractivity contribution in [3.8, 4) is 0 Å². The largest absolute Gasteiger partial charge is 0.303 e. The van der Waals surface area contributed by atoms with Crippen LogP contribution in [-0.2, 0) is 6.42 Å². The van der Waals surface area contributed by atoms with E-state index in [2.05, 4.69) is 53.0 Å². The van der Waals surface area contributed by atoms with Crippen molar-refractivity contribution in [3.05, 3.63) is 54.2 Å². The van der Waals surface area contributed by atoms with Crippen molar-refractivity contribution in [2.75, 3.05) is 0 Å². The minimum atomic E-state index is 0.275. The Hall–Kier alpha value is -0.100. The second kappa shape index (κ2) is 6.34. The van der Waals surface area contributed by atoms with Gasteiger partial charge in [0.25, 0.3) is 0 Å². The van der Waals surface area contributed by atoms with Gasteiger partial charge in [-0.2, -0.15) is 0 Å². The molecule has 1 aromatic heterocycles. The molecule has 1 unspecified atom stereocenters. The molecule has 1 nitrogen and oxygen atoms in total. The molecule has 0 bridgehead atoms. The van der Waals surface area contributed by atoms with E-state index < -0.39 is 0 Å². The Morgan fingerprint density at radius 2 is 2.20 bits per heavy atom. The molecule has 1 N–H and O–H groups in total. The van der Waals surface area contributed by atoms with Gasteiger partial charge in [-0.3, -0.25) is 0 Å². The highest BCUT2D eigenvalue weighted by molar-refractivity contribution is 14.1. The van der Waals surface area contributed by atoms with Crippen molar-refractivity contribution in [2.45, 2.75) is 38.3 Å². The molecular weight excluding hydrogens is 401 g/mol.